The molecule has 0 saturated heterocycles. The number of hydrazone groups is 1. The average Bonchev–Trinajstić information content (AvgIpc) is 2.61. The highest BCUT2D eigenvalue weighted by atomic mass is 19.1. The Hall–Kier alpha value is -3.48. The Morgan fingerprint density at radius 2 is 2.00 bits per heavy atom. The lowest BCUT2D eigenvalue weighted by atomic mass is 10.1. The van der Waals surface area contributed by atoms with Gasteiger partial charge in [0.15, 0.2) is 0 Å². The van der Waals surface area contributed by atoms with E-state index in [0.717, 1.165) is 5.56 Å². The van der Waals surface area contributed by atoms with Crippen LogP contribution in [0.4, 0.5) is 10.3 Å². The van der Waals surface area contributed by atoms with Crippen molar-refractivity contribution in [1.29, 1.82) is 0 Å². The van der Waals surface area contributed by atoms with Gasteiger partial charge in [-0.3, -0.25) is 9.78 Å². The quantitative estimate of drug-likeness (QED) is 0.554. The fourth-order valence-electron chi connectivity index (χ4n) is 2.18. The van der Waals surface area contributed by atoms with Gasteiger partial charge in [0.05, 0.1) is 19.0 Å². The number of H-pyrrole nitrogens is 1. The normalized spacial score (nSPS) is 10.8. The number of aromatic amines is 1. The largest absolute Gasteiger partial charge is 0.497 e. The first-order chi connectivity index (χ1) is 12.1. The average molecular weight is 338 g/mol. The molecule has 0 radical (unpaired) electrons. The Bertz CT molecular complexity index is 952. The molecule has 0 aliphatic rings. The van der Waals surface area contributed by atoms with E-state index in [9.17, 15) is 9.18 Å². The Labute approximate surface area is 143 Å². The Kier molecular flexibility index (Phi) is 4.84. The summed E-state index contributed by atoms with van der Waals surface area (Å²) in [5.41, 5.74) is 4.17. The molecule has 2 aromatic carbocycles. The highest BCUT2D eigenvalue weighted by Gasteiger charge is 2.04. The summed E-state index contributed by atoms with van der Waals surface area (Å²) in [6.45, 7) is 0. The smallest absolute Gasteiger partial charge is 0.252 e. The SMILES string of the molecule is COc1ccc(-c2cc(=O)[nH]c(N/N=C\c3cccc(F)c3)n2)cc1. The number of anilines is 1. The van der Waals surface area contributed by atoms with Crippen LogP contribution in [0.3, 0.4) is 0 Å². The van der Waals surface area contributed by atoms with E-state index in [1.54, 1.807) is 43.5 Å². The first-order valence-corrected chi connectivity index (χ1v) is 7.44. The van der Waals surface area contributed by atoms with E-state index in [1.165, 1.54) is 24.4 Å². The van der Waals surface area contributed by atoms with E-state index in [1.807, 2.05) is 0 Å². The zero-order chi connectivity index (χ0) is 17.6. The summed E-state index contributed by atoms with van der Waals surface area (Å²) in [5.74, 6) is 0.551. The van der Waals surface area contributed by atoms with Crippen molar-refractivity contribution < 1.29 is 9.13 Å². The van der Waals surface area contributed by atoms with Crippen LogP contribution in [-0.2, 0) is 0 Å². The van der Waals surface area contributed by atoms with Crippen molar-refractivity contribution in [3.05, 3.63) is 76.3 Å². The maximum Gasteiger partial charge on any atom is 0.252 e. The Morgan fingerprint density at radius 1 is 1.20 bits per heavy atom. The van der Waals surface area contributed by atoms with Crippen LogP contribution >= 0.6 is 0 Å². The molecule has 25 heavy (non-hydrogen) atoms. The van der Waals surface area contributed by atoms with E-state index >= 15 is 0 Å². The minimum absolute atomic E-state index is 0.186. The van der Waals surface area contributed by atoms with Crippen molar-refractivity contribution in [1.82, 2.24) is 9.97 Å². The van der Waals surface area contributed by atoms with Crippen LogP contribution in [0.5, 0.6) is 5.75 Å². The third kappa shape index (κ3) is 4.29. The highest BCUT2D eigenvalue weighted by Crippen LogP contribution is 2.20. The molecule has 7 heteroatoms. The van der Waals surface area contributed by atoms with E-state index in [4.69, 9.17) is 4.74 Å². The standard InChI is InChI=1S/C18H15FN4O2/c1-25-15-7-5-13(6-8-15)16-10-17(24)22-18(21-16)23-20-11-12-3-2-4-14(19)9-12/h2-11H,1H3,(H2,21,22,23,24)/b20-11-. The van der Waals surface area contributed by atoms with Crippen molar-refractivity contribution in [3.8, 4) is 17.0 Å². The minimum Gasteiger partial charge on any atom is -0.497 e. The predicted molar refractivity (Wildman–Crippen MR) is 94.5 cm³/mol. The molecular weight excluding hydrogens is 323 g/mol. The molecule has 0 aliphatic heterocycles. The van der Waals surface area contributed by atoms with Gasteiger partial charge < -0.3 is 4.74 Å². The zero-order valence-corrected chi connectivity index (χ0v) is 13.4. The van der Waals surface area contributed by atoms with Crippen LogP contribution in [0.2, 0.25) is 0 Å². The summed E-state index contributed by atoms with van der Waals surface area (Å²) < 4.78 is 18.2. The lowest BCUT2D eigenvalue weighted by Gasteiger charge is -2.05. The van der Waals surface area contributed by atoms with Gasteiger partial charge in [0, 0.05) is 11.6 Å². The molecule has 0 bridgehead atoms. The van der Waals surface area contributed by atoms with Crippen molar-refractivity contribution in [2.24, 2.45) is 5.10 Å². The van der Waals surface area contributed by atoms with Gasteiger partial charge >= 0.3 is 0 Å². The second kappa shape index (κ2) is 7.39. The van der Waals surface area contributed by atoms with Gasteiger partial charge in [-0.1, -0.05) is 12.1 Å². The molecule has 1 heterocycles. The molecule has 6 nitrogen and oxygen atoms in total. The lowest BCUT2D eigenvalue weighted by Crippen LogP contribution is -2.10. The van der Waals surface area contributed by atoms with Gasteiger partial charge in [-0.25, -0.2) is 14.8 Å². The number of nitrogens with zero attached hydrogens (tertiary/aromatic N) is 2. The van der Waals surface area contributed by atoms with E-state index in [2.05, 4.69) is 20.5 Å². The molecule has 1 aromatic heterocycles. The molecule has 0 saturated carbocycles. The summed E-state index contributed by atoms with van der Waals surface area (Å²) in [5, 5.41) is 3.96. The molecule has 0 amide bonds. The third-order valence-corrected chi connectivity index (χ3v) is 3.36. The monoisotopic (exact) mass is 338 g/mol. The van der Waals surface area contributed by atoms with Crippen molar-refractivity contribution >= 4 is 12.2 Å². The lowest BCUT2D eigenvalue weighted by molar-refractivity contribution is 0.415. The zero-order valence-electron chi connectivity index (χ0n) is 13.4. The van der Waals surface area contributed by atoms with E-state index in [-0.39, 0.29) is 17.3 Å². The molecule has 0 atom stereocenters. The number of ether oxygens (including phenoxy) is 1. The highest BCUT2D eigenvalue weighted by molar-refractivity contribution is 5.79. The van der Waals surface area contributed by atoms with Crippen LogP contribution in [0.25, 0.3) is 11.3 Å². The molecule has 0 unspecified atom stereocenters. The van der Waals surface area contributed by atoms with E-state index < -0.39 is 0 Å². The molecular formula is C18H15FN4O2. The number of rotatable bonds is 5. The minimum atomic E-state index is -0.350. The summed E-state index contributed by atoms with van der Waals surface area (Å²) in [7, 11) is 1.58. The van der Waals surface area contributed by atoms with Crippen LogP contribution < -0.4 is 15.7 Å². The fraction of sp³-hybridized carbons (Fsp3) is 0.0556. The van der Waals surface area contributed by atoms with Crippen molar-refractivity contribution in [2.75, 3.05) is 12.5 Å². The molecule has 2 N–H and O–H groups in total. The Morgan fingerprint density at radius 3 is 2.72 bits per heavy atom. The molecule has 3 aromatic rings. The van der Waals surface area contributed by atoms with Gasteiger partial charge in [-0.2, -0.15) is 5.10 Å². The fourth-order valence-corrected chi connectivity index (χ4v) is 2.18. The van der Waals surface area contributed by atoms with Crippen molar-refractivity contribution in [3.63, 3.8) is 0 Å². The number of aromatic nitrogens is 2. The number of nitrogens with one attached hydrogen (secondary N) is 2. The van der Waals surface area contributed by atoms with Gasteiger partial charge in [0.1, 0.15) is 11.6 Å². The maximum atomic E-state index is 13.1. The van der Waals surface area contributed by atoms with Crippen LogP contribution in [0.1, 0.15) is 5.56 Å². The molecule has 126 valence electrons. The second-order valence-electron chi connectivity index (χ2n) is 5.13. The van der Waals surface area contributed by atoms with E-state index in [0.29, 0.717) is 17.0 Å². The number of hydrogen-bond acceptors (Lipinski definition) is 5. The van der Waals surface area contributed by atoms with Crippen molar-refractivity contribution in [2.45, 2.75) is 0 Å². The number of benzene rings is 2. The second-order valence-corrected chi connectivity index (χ2v) is 5.13. The maximum absolute atomic E-state index is 13.1. The topological polar surface area (TPSA) is 79.4 Å². The number of hydrogen-bond donors (Lipinski definition) is 2. The third-order valence-electron chi connectivity index (χ3n) is 3.36. The molecule has 0 spiro atoms. The molecule has 0 fully saturated rings. The summed E-state index contributed by atoms with van der Waals surface area (Å²) in [6.07, 6.45) is 1.43. The molecule has 0 aliphatic carbocycles. The van der Waals surface area contributed by atoms with Gasteiger partial charge in [0.25, 0.3) is 5.56 Å². The van der Waals surface area contributed by atoms with Gasteiger partial charge in [-0.15, -0.1) is 0 Å². The van der Waals surface area contributed by atoms with Crippen LogP contribution in [0, 0.1) is 5.82 Å². The van der Waals surface area contributed by atoms with Gasteiger partial charge in [-0.05, 0) is 42.0 Å². The summed E-state index contributed by atoms with van der Waals surface area (Å²) >= 11 is 0. The van der Waals surface area contributed by atoms with Gasteiger partial charge in [0.2, 0.25) is 5.95 Å². The van der Waals surface area contributed by atoms with Crippen LogP contribution in [0.15, 0.2) is 64.5 Å². The summed E-state index contributed by atoms with van der Waals surface area (Å²) in [6, 6.07) is 14.6. The predicted octanol–water partition coefficient (Wildman–Crippen LogP) is 3.03. The van der Waals surface area contributed by atoms with Crippen LogP contribution in [-0.4, -0.2) is 23.3 Å². The molecule has 3 rings (SSSR count). The summed E-state index contributed by atoms with van der Waals surface area (Å²) in [4.78, 5) is 18.7. The Balaban J connectivity index is 1.80. The number of halogens is 1. The first kappa shape index (κ1) is 16.4. The first-order valence-electron chi connectivity index (χ1n) is 7.44. The number of methoxy groups -OCH3 is 1.